The molecule has 0 aliphatic carbocycles. The Morgan fingerprint density at radius 2 is 1.77 bits per heavy atom. The fourth-order valence-electron chi connectivity index (χ4n) is 4.69. The second kappa shape index (κ2) is 7.40. The van der Waals surface area contributed by atoms with Gasteiger partial charge in [0, 0.05) is 16.6 Å². The van der Waals surface area contributed by atoms with Gasteiger partial charge < -0.3 is 10.2 Å². The standard InChI is InChI=1S/C25H21BrN2O2/c1-15-10-11-21(20(26)14-15)27-24(29)22-18-8-4-5-9-19(18)25(30)28-13-12-16-6-2-3-7-17(16)23(22)28/h2-11,14,22-23H,12-13H2,1H3,(H,27,29)/t22-,23-/m0/s1. The van der Waals surface area contributed by atoms with Crippen molar-refractivity contribution in [2.75, 3.05) is 11.9 Å². The molecule has 3 aromatic carbocycles. The average molecular weight is 461 g/mol. The lowest BCUT2D eigenvalue weighted by molar-refractivity contribution is -0.119. The smallest absolute Gasteiger partial charge is 0.254 e. The third kappa shape index (κ3) is 3.05. The van der Waals surface area contributed by atoms with Gasteiger partial charge >= 0.3 is 0 Å². The fourth-order valence-corrected chi connectivity index (χ4v) is 5.28. The summed E-state index contributed by atoms with van der Waals surface area (Å²) in [6.45, 7) is 2.63. The first kappa shape index (κ1) is 19.1. The number of nitrogens with zero attached hydrogens (tertiary/aromatic N) is 1. The monoisotopic (exact) mass is 460 g/mol. The van der Waals surface area contributed by atoms with Gasteiger partial charge in [-0.2, -0.15) is 0 Å². The molecular formula is C25H21BrN2O2. The Kier molecular flexibility index (Phi) is 4.70. The van der Waals surface area contributed by atoms with Gasteiger partial charge in [-0.05, 0) is 69.7 Å². The molecule has 150 valence electrons. The van der Waals surface area contributed by atoms with Gasteiger partial charge in [0.2, 0.25) is 5.91 Å². The summed E-state index contributed by atoms with van der Waals surface area (Å²) in [5.74, 6) is -0.578. The van der Waals surface area contributed by atoms with Crippen LogP contribution >= 0.6 is 15.9 Å². The summed E-state index contributed by atoms with van der Waals surface area (Å²) in [5.41, 5.74) is 5.53. The van der Waals surface area contributed by atoms with Crippen LogP contribution in [0.1, 0.15) is 44.6 Å². The number of fused-ring (bicyclic) bond motifs is 4. The molecule has 2 atom stereocenters. The van der Waals surface area contributed by atoms with E-state index in [1.165, 1.54) is 5.56 Å². The number of amides is 2. The van der Waals surface area contributed by atoms with Crippen LogP contribution < -0.4 is 5.32 Å². The van der Waals surface area contributed by atoms with Crippen molar-refractivity contribution in [1.29, 1.82) is 0 Å². The van der Waals surface area contributed by atoms with Crippen molar-refractivity contribution in [1.82, 2.24) is 4.90 Å². The van der Waals surface area contributed by atoms with E-state index in [0.717, 1.165) is 33.3 Å². The molecule has 3 aromatic rings. The highest BCUT2D eigenvalue weighted by Gasteiger charge is 2.46. The third-order valence-electron chi connectivity index (χ3n) is 6.10. The molecule has 0 radical (unpaired) electrons. The molecule has 0 unspecified atom stereocenters. The summed E-state index contributed by atoms with van der Waals surface area (Å²) in [4.78, 5) is 28.8. The lowest BCUT2D eigenvalue weighted by Gasteiger charge is -2.45. The van der Waals surface area contributed by atoms with Gasteiger partial charge in [0.05, 0.1) is 17.6 Å². The predicted molar refractivity (Wildman–Crippen MR) is 121 cm³/mol. The Labute approximate surface area is 184 Å². The maximum atomic E-state index is 13.7. The highest BCUT2D eigenvalue weighted by atomic mass is 79.9. The van der Waals surface area contributed by atoms with Gasteiger partial charge in [-0.25, -0.2) is 0 Å². The van der Waals surface area contributed by atoms with Gasteiger partial charge in [-0.1, -0.05) is 48.5 Å². The first-order valence-electron chi connectivity index (χ1n) is 10.1. The van der Waals surface area contributed by atoms with E-state index in [1.54, 1.807) is 0 Å². The van der Waals surface area contributed by atoms with Crippen LogP contribution in [0.3, 0.4) is 0 Å². The Bertz CT molecular complexity index is 1170. The van der Waals surface area contributed by atoms with Crippen LogP contribution in [0.25, 0.3) is 0 Å². The van der Waals surface area contributed by atoms with Crippen LogP contribution in [0.2, 0.25) is 0 Å². The maximum Gasteiger partial charge on any atom is 0.254 e. The lowest BCUT2D eigenvalue weighted by Crippen LogP contribution is -2.49. The Morgan fingerprint density at radius 1 is 1.03 bits per heavy atom. The molecule has 4 nitrogen and oxygen atoms in total. The van der Waals surface area contributed by atoms with Crippen molar-refractivity contribution < 1.29 is 9.59 Å². The van der Waals surface area contributed by atoms with E-state index in [2.05, 4.69) is 33.4 Å². The van der Waals surface area contributed by atoms with E-state index in [0.29, 0.717) is 12.1 Å². The number of hydrogen-bond acceptors (Lipinski definition) is 2. The molecule has 2 aliphatic rings. The van der Waals surface area contributed by atoms with Crippen LogP contribution in [-0.4, -0.2) is 23.3 Å². The van der Waals surface area contributed by atoms with Gasteiger partial charge in [0.1, 0.15) is 0 Å². The molecule has 2 aliphatic heterocycles. The fraction of sp³-hybridized carbons (Fsp3) is 0.200. The normalized spacial score (nSPS) is 19.5. The molecule has 1 N–H and O–H groups in total. The molecule has 2 heterocycles. The molecule has 5 heteroatoms. The second-order valence-electron chi connectivity index (χ2n) is 7.93. The van der Waals surface area contributed by atoms with Gasteiger partial charge in [-0.3, -0.25) is 9.59 Å². The molecule has 0 saturated heterocycles. The van der Waals surface area contributed by atoms with Crippen molar-refractivity contribution in [2.24, 2.45) is 0 Å². The average Bonchev–Trinajstić information content (AvgIpc) is 2.76. The van der Waals surface area contributed by atoms with E-state index in [1.807, 2.05) is 66.4 Å². The molecule has 30 heavy (non-hydrogen) atoms. The SMILES string of the molecule is Cc1ccc(NC(=O)[C@H]2c3ccccc3C(=O)N3CCc4ccccc4[C@@H]23)c(Br)c1. The summed E-state index contributed by atoms with van der Waals surface area (Å²) < 4.78 is 0.844. The van der Waals surface area contributed by atoms with Crippen molar-refractivity contribution in [3.63, 3.8) is 0 Å². The highest BCUT2D eigenvalue weighted by molar-refractivity contribution is 9.10. The lowest BCUT2D eigenvalue weighted by atomic mass is 9.76. The largest absolute Gasteiger partial charge is 0.330 e. The molecule has 0 spiro atoms. The number of nitrogens with one attached hydrogen (secondary N) is 1. The minimum atomic E-state index is -0.478. The number of anilines is 1. The van der Waals surface area contributed by atoms with Crippen molar-refractivity contribution in [2.45, 2.75) is 25.3 Å². The predicted octanol–water partition coefficient (Wildman–Crippen LogP) is 5.23. The zero-order valence-electron chi connectivity index (χ0n) is 16.6. The number of hydrogen-bond donors (Lipinski definition) is 1. The number of carbonyl (C=O) groups excluding carboxylic acids is 2. The second-order valence-corrected chi connectivity index (χ2v) is 8.78. The first-order valence-corrected chi connectivity index (χ1v) is 10.9. The Hall–Kier alpha value is -2.92. The molecule has 0 bridgehead atoms. The number of carbonyl (C=O) groups is 2. The number of aryl methyl sites for hydroxylation is 1. The van der Waals surface area contributed by atoms with E-state index < -0.39 is 5.92 Å². The minimum Gasteiger partial charge on any atom is -0.330 e. The highest BCUT2D eigenvalue weighted by Crippen LogP contribution is 2.46. The van der Waals surface area contributed by atoms with Crippen LogP contribution in [0, 0.1) is 6.92 Å². The van der Waals surface area contributed by atoms with Gasteiger partial charge in [0.25, 0.3) is 5.91 Å². The van der Waals surface area contributed by atoms with E-state index >= 15 is 0 Å². The summed E-state index contributed by atoms with van der Waals surface area (Å²) in [6.07, 6.45) is 0.804. The zero-order chi connectivity index (χ0) is 20.8. The molecule has 0 saturated carbocycles. The minimum absolute atomic E-state index is 0.00525. The molecule has 0 fully saturated rings. The number of halogens is 1. The van der Waals surface area contributed by atoms with Crippen LogP contribution in [0.5, 0.6) is 0 Å². The number of benzene rings is 3. The molecular weight excluding hydrogens is 440 g/mol. The van der Waals surface area contributed by atoms with Crippen molar-refractivity contribution in [3.05, 3.63) is 99.0 Å². The number of rotatable bonds is 2. The van der Waals surface area contributed by atoms with Crippen LogP contribution in [0.15, 0.2) is 71.2 Å². The van der Waals surface area contributed by atoms with E-state index in [9.17, 15) is 9.59 Å². The summed E-state index contributed by atoms with van der Waals surface area (Å²) in [7, 11) is 0. The summed E-state index contributed by atoms with van der Waals surface area (Å²) in [6, 6.07) is 21.2. The summed E-state index contributed by atoms with van der Waals surface area (Å²) >= 11 is 3.56. The van der Waals surface area contributed by atoms with Crippen molar-refractivity contribution in [3.8, 4) is 0 Å². The topological polar surface area (TPSA) is 49.4 Å². The molecule has 2 amide bonds. The van der Waals surface area contributed by atoms with E-state index in [-0.39, 0.29) is 17.9 Å². The Morgan fingerprint density at radius 3 is 2.57 bits per heavy atom. The molecule has 5 rings (SSSR count). The first-order chi connectivity index (χ1) is 14.5. The van der Waals surface area contributed by atoms with Gasteiger partial charge in [0.15, 0.2) is 0 Å². The van der Waals surface area contributed by atoms with Crippen LogP contribution in [-0.2, 0) is 11.2 Å². The van der Waals surface area contributed by atoms with Crippen molar-refractivity contribution >= 4 is 33.4 Å². The van der Waals surface area contributed by atoms with E-state index in [4.69, 9.17) is 0 Å². The summed E-state index contributed by atoms with van der Waals surface area (Å²) in [5, 5.41) is 3.10. The maximum absolute atomic E-state index is 13.7. The Balaban J connectivity index is 1.63. The van der Waals surface area contributed by atoms with Gasteiger partial charge in [-0.15, -0.1) is 0 Å². The molecule has 0 aromatic heterocycles. The third-order valence-corrected chi connectivity index (χ3v) is 6.76. The van der Waals surface area contributed by atoms with Crippen LogP contribution in [0.4, 0.5) is 5.69 Å². The zero-order valence-corrected chi connectivity index (χ0v) is 18.1. The quantitative estimate of drug-likeness (QED) is 0.568.